The van der Waals surface area contributed by atoms with E-state index in [0.717, 1.165) is 15.6 Å². The van der Waals surface area contributed by atoms with Crippen molar-refractivity contribution >= 4 is 21.8 Å². The summed E-state index contributed by atoms with van der Waals surface area (Å²) in [6, 6.07) is 6.02. The Morgan fingerprint density at radius 2 is 2.00 bits per heavy atom. The number of amides is 1. The highest BCUT2D eigenvalue weighted by Crippen LogP contribution is 2.20. The number of carbonyl (C=O) groups excluding carboxylic acids is 1. The van der Waals surface area contributed by atoms with Gasteiger partial charge in [-0.05, 0) is 48.8 Å². The maximum atomic E-state index is 12.1. The molecule has 0 saturated carbocycles. The van der Waals surface area contributed by atoms with Gasteiger partial charge in [-0.15, -0.1) is 0 Å². The smallest absolute Gasteiger partial charge is 0.254 e. The lowest BCUT2D eigenvalue weighted by Crippen LogP contribution is -2.33. The second kappa shape index (κ2) is 4.79. The molecule has 0 N–H and O–H groups in total. The van der Waals surface area contributed by atoms with Crippen molar-refractivity contribution in [3.63, 3.8) is 0 Å². The molecule has 1 rings (SSSR count). The van der Waals surface area contributed by atoms with Crippen molar-refractivity contribution in [1.29, 1.82) is 0 Å². The maximum Gasteiger partial charge on any atom is 0.254 e. The summed E-state index contributed by atoms with van der Waals surface area (Å²) in [7, 11) is 1.82. The van der Waals surface area contributed by atoms with Crippen LogP contribution >= 0.6 is 15.9 Å². The number of rotatable bonds is 2. The first-order chi connectivity index (χ1) is 6.93. The molecule has 0 radical (unpaired) electrons. The zero-order valence-electron chi connectivity index (χ0n) is 9.54. The van der Waals surface area contributed by atoms with Gasteiger partial charge in [0, 0.05) is 17.6 Å². The molecule has 0 heterocycles. The van der Waals surface area contributed by atoms with Crippen molar-refractivity contribution in [2.24, 2.45) is 0 Å². The molecule has 0 aliphatic carbocycles. The molecular formula is C12H16BrNO. The molecule has 15 heavy (non-hydrogen) atoms. The minimum atomic E-state index is 0.0561. The molecule has 0 spiro atoms. The van der Waals surface area contributed by atoms with Crippen LogP contribution in [0.1, 0.15) is 29.8 Å². The van der Waals surface area contributed by atoms with Crippen LogP contribution in [-0.2, 0) is 0 Å². The number of hydrogen-bond donors (Lipinski definition) is 0. The van der Waals surface area contributed by atoms with Crippen LogP contribution in [0, 0.1) is 6.92 Å². The summed E-state index contributed by atoms with van der Waals surface area (Å²) in [6.45, 7) is 5.99. The van der Waals surface area contributed by atoms with Gasteiger partial charge in [-0.25, -0.2) is 0 Å². The van der Waals surface area contributed by atoms with Gasteiger partial charge in [0.1, 0.15) is 0 Å². The summed E-state index contributed by atoms with van der Waals surface area (Å²) in [5, 5.41) is 0. The first kappa shape index (κ1) is 12.2. The molecule has 2 nitrogen and oxygen atoms in total. The molecular weight excluding hydrogens is 254 g/mol. The molecule has 0 unspecified atom stereocenters. The van der Waals surface area contributed by atoms with Crippen molar-refractivity contribution in [1.82, 2.24) is 4.90 Å². The largest absolute Gasteiger partial charge is 0.339 e. The van der Waals surface area contributed by atoms with Crippen LogP contribution in [0.3, 0.4) is 0 Å². The van der Waals surface area contributed by atoms with Crippen LogP contribution in [0.2, 0.25) is 0 Å². The van der Waals surface area contributed by atoms with E-state index >= 15 is 0 Å². The highest BCUT2D eigenvalue weighted by molar-refractivity contribution is 9.10. The monoisotopic (exact) mass is 269 g/mol. The molecule has 1 amide bonds. The summed E-state index contributed by atoms with van der Waals surface area (Å²) in [5.41, 5.74) is 1.82. The quantitative estimate of drug-likeness (QED) is 0.807. The Balaban J connectivity index is 3.05. The zero-order valence-corrected chi connectivity index (χ0v) is 11.1. The van der Waals surface area contributed by atoms with Gasteiger partial charge < -0.3 is 4.90 Å². The molecule has 0 aliphatic heterocycles. The Morgan fingerprint density at radius 1 is 1.40 bits per heavy atom. The predicted molar refractivity (Wildman–Crippen MR) is 66.1 cm³/mol. The van der Waals surface area contributed by atoms with Crippen molar-refractivity contribution < 1.29 is 4.79 Å². The number of halogens is 1. The predicted octanol–water partition coefficient (Wildman–Crippen LogP) is 3.24. The number of nitrogens with zero attached hydrogens (tertiary/aromatic N) is 1. The number of benzene rings is 1. The van der Waals surface area contributed by atoms with Crippen molar-refractivity contribution in [2.45, 2.75) is 26.8 Å². The SMILES string of the molecule is Cc1ccc(Br)c(C(=O)N(C)C(C)C)c1. The van der Waals surface area contributed by atoms with Gasteiger partial charge in [0.15, 0.2) is 0 Å². The van der Waals surface area contributed by atoms with Gasteiger partial charge in [0.25, 0.3) is 5.91 Å². The third-order valence-corrected chi connectivity index (χ3v) is 3.14. The molecule has 0 fully saturated rings. The number of aryl methyl sites for hydroxylation is 1. The minimum Gasteiger partial charge on any atom is -0.339 e. The minimum absolute atomic E-state index is 0.0561. The maximum absolute atomic E-state index is 12.1. The molecule has 0 atom stereocenters. The summed E-state index contributed by atoms with van der Waals surface area (Å²) < 4.78 is 0.852. The van der Waals surface area contributed by atoms with Gasteiger partial charge in [0.05, 0.1) is 5.56 Å². The van der Waals surface area contributed by atoms with Gasteiger partial charge in [0.2, 0.25) is 0 Å². The Kier molecular flexibility index (Phi) is 3.91. The first-order valence-electron chi connectivity index (χ1n) is 4.96. The van der Waals surface area contributed by atoms with E-state index in [0.29, 0.717) is 0 Å². The normalized spacial score (nSPS) is 10.5. The lowest BCUT2D eigenvalue weighted by Gasteiger charge is -2.22. The fraction of sp³-hybridized carbons (Fsp3) is 0.417. The number of hydrogen-bond acceptors (Lipinski definition) is 1. The van der Waals surface area contributed by atoms with Crippen molar-refractivity contribution in [2.75, 3.05) is 7.05 Å². The molecule has 1 aromatic rings. The van der Waals surface area contributed by atoms with E-state index in [2.05, 4.69) is 15.9 Å². The summed E-state index contributed by atoms with van der Waals surface area (Å²) in [5.74, 6) is 0.0561. The Bertz CT molecular complexity index is 374. The van der Waals surface area contributed by atoms with Gasteiger partial charge in [-0.2, -0.15) is 0 Å². The molecule has 0 saturated heterocycles. The van der Waals surface area contributed by atoms with Crippen LogP contribution in [0.5, 0.6) is 0 Å². The molecule has 1 aromatic carbocycles. The fourth-order valence-corrected chi connectivity index (χ4v) is 1.64. The summed E-state index contributed by atoms with van der Waals surface area (Å²) in [4.78, 5) is 13.8. The highest BCUT2D eigenvalue weighted by atomic mass is 79.9. The Hall–Kier alpha value is -0.830. The van der Waals surface area contributed by atoms with Crippen LogP contribution in [0.15, 0.2) is 22.7 Å². The summed E-state index contributed by atoms with van der Waals surface area (Å²) in [6.07, 6.45) is 0. The standard InChI is InChI=1S/C12H16BrNO/c1-8(2)14(4)12(15)10-7-9(3)5-6-11(10)13/h5-8H,1-4H3. The van der Waals surface area contributed by atoms with Gasteiger partial charge >= 0.3 is 0 Å². The van der Waals surface area contributed by atoms with E-state index in [4.69, 9.17) is 0 Å². The molecule has 0 aliphatic rings. The Labute approximate surface area is 99.4 Å². The van der Waals surface area contributed by atoms with E-state index in [1.54, 1.807) is 4.90 Å². The Morgan fingerprint density at radius 3 is 2.53 bits per heavy atom. The van der Waals surface area contributed by atoms with E-state index < -0.39 is 0 Å². The van der Waals surface area contributed by atoms with Gasteiger partial charge in [-0.3, -0.25) is 4.79 Å². The average molecular weight is 270 g/mol. The van der Waals surface area contributed by atoms with Crippen LogP contribution in [0.4, 0.5) is 0 Å². The lowest BCUT2D eigenvalue weighted by atomic mass is 10.1. The second-order valence-corrected chi connectivity index (χ2v) is 4.85. The van der Waals surface area contributed by atoms with Crippen LogP contribution < -0.4 is 0 Å². The van der Waals surface area contributed by atoms with E-state index in [-0.39, 0.29) is 11.9 Å². The second-order valence-electron chi connectivity index (χ2n) is 3.99. The third-order valence-electron chi connectivity index (χ3n) is 2.45. The van der Waals surface area contributed by atoms with Crippen LogP contribution in [0.25, 0.3) is 0 Å². The van der Waals surface area contributed by atoms with Crippen molar-refractivity contribution in [3.05, 3.63) is 33.8 Å². The van der Waals surface area contributed by atoms with E-state index in [1.165, 1.54) is 0 Å². The zero-order chi connectivity index (χ0) is 11.6. The lowest BCUT2D eigenvalue weighted by molar-refractivity contribution is 0.0754. The molecule has 3 heteroatoms. The first-order valence-corrected chi connectivity index (χ1v) is 5.76. The third kappa shape index (κ3) is 2.81. The fourth-order valence-electron chi connectivity index (χ4n) is 1.23. The average Bonchev–Trinajstić information content (AvgIpc) is 2.19. The van der Waals surface area contributed by atoms with Gasteiger partial charge in [-0.1, -0.05) is 11.6 Å². The van der Waals surface area contributed by atoms with Crippen molar-refractivity contribution in [3.8, 4) is 0 Å². The summed E-state index contributed by atoms with van der Waals surface area (Å²) >= 11 is 3.40. The topological polar surface area (TPSA) is 20.3 Å². The van der Waals surface area contributed by atoms with E-state index in [1.807, 2.05) is 46.0 Å². The number of carbonyl (C=O) groups is 1. The van der Waals surface area contributed by atoms with E-state index in [9.17, 15) is 4.79 Å². The highest BCUT2D eigenvalue weighted by Gasteiger charge is 2.16. The molecule has 0 aromatic heterocycles. The molecule has 0 bridgehead atoms. The molecule has 82 valence electrons. The van der Waals surface area contributed by atoms with Crippen LogP contribution in [-0.4, -0.2) is 23.9 Å².